The molecule has 1 saturated heterocycles. The highest BCUT2D eigenvalue weighted by Gasteiger charge is 2.49. The largest absolute Gasteiger partial charge is 0.494 e. The number of halogens is 2. The van der Waals surface area contributed by atoms with Gasteiger partial charge in [-0.2, -0.15) is 5.26 Å². The van der Waals surface area contributed by atoms with Crippen molar-refractivity contribution in [2.24, 2.45) is 5.92 Å². The number of nitrogens with zero attached hydrogens (tertiary/aromatic N) is 3. The maximum absolute atomic E-state index is 15.5. The van der Waals surface area contributed by atoms with Crippen LogP contribution in [0.3, 0.4) is 0 Å². The van der Waals surface area contributed by atoms with Gasteiger partial charge in [0, 0.05) is 28.9 Å². The number of benzene rings is 2. The van der Waals surface area contributed by atoms with E-state index in [1.807, 2.05) is 18.2 Å². The van der Waals surface area contributed by atoms with Crippen LogP contribution in [0.25, 0.3) is 10.8 Å². The van der Waals surface area contributed by atoms with E-state index >= 15 is 4.39 Å². The van der Waals surface area contributed by atoms with Crippen molar-refractivity contribution >= 4 is 28.4 Å². The van der Waals surface area contributed by atoms with Gasteiger partial charge in [0.05, 0.1) is 36.5 Å². The first-order valence-corrected chi connectivity index (χ1v) is 10.8. The van der Waals surface area contributed by atoms with Gasteiger partial charge < -0.3 is 10.1 Å². The lowest BCUT2D eigenvalue weighted by Gasteiger charge is -2.43. The van der Waals surface area contributed by atoms with Gasteiger partial charge in [-0.3, -0.25) is 9.78 Å². The molecule has 1 aliphatic heterocycles. The molecule has 0 bridgehead atoms. The number of methoxy groups -OCH3 is 1. The smallest absolute Gasteiger partial charge is 0.329 e. The Morgan fingerprint density at radius 2 is 1.97 bits per heavy atom. The summed E-state index contributed by atoms with van der Waals surface area (Å²) >= 11 is 0. The molecule has 9 heteroatoms. The molecule has 2 heterocycles. The van der Waals surface area contributed by atoms with E-state index in [0.717, 1.165) is 16.4 Å². The summed E-state index contributed by atoms with van der Waals surface area (Å²) < 4.78 is 34.6. The average Bonchev–Trinajstić information content (AvgIpc) is 2.84. The number of nitriles is 1. The van der Waals surface area contributed by atoms with Crippen LogP contribution in [0, 0.1) is 23.1 Å². The third-order valence-corrected chi connectivity index (χ3v) is 6.69. The summed E-state index contributed by atoms with van der Waals surface area (Å²) in [6, 6.07) is 10.3. The number of aromatic nitrogens is 1. The first-order chi connectivity index (χ1) is 16.4. The molecule has 172 valence electrons. The first-order valence-electron chi connectivity index (χ1n) is 10.8. The number of imide groups is 1. The molecule has 1 aromatic heterocycles. The molecule has 1 aliphatic carbocycles. The van der Waals surface area contributed by atoms with Crippen molar-refractivity contribution in [2.75, 3.05) is 12.0 Å². The van der Waals surface area contributed by atoms with Crippen LogP contribution < -0.4 is 15.0 Å². The molecular weight excluding hydrogens is 442 g/mol. The van der Waals surface area contributed by atoms with E-state index in [0.29, 0.717) is 16.6 Å². The van der Waals surface area contributed by atoms with Crippen LogP contribution in [0.1, 0.15) is 29.9 Å². The number of nitrogens with one attached hydrogen (secondary N) is 1. The number of hydrogen-bond acceptors (Lipinski definition) is 5. The van der Waals surface area contributed by atoms with Crippen LogP contribution in [-0.4, -0.2) is 36.2 Å². The summed E-state index contributed by atoms with van der Waals surface area (Å²) in [7, 11) is 1.29. The van der Waals surface area contributed by atoms with E-state index in [2.05, 4.69) is 10.3 Å². The van der Waals surface area contributed by atoms with E-state index in [4.69, 9.17) is 4.74 Å². The summed E-state index contributed by atoms with van der Waals surface area (Å²) in [5, 5.41) is 13.8. The van der Waals surface area contributed by atoms with Crippen LogP contribution in [0.5, 0.6) is 5.75 Å². The Hall–Kier alpha value is -4.06. The van der Waals surface area contributed by atoms with Crippen LogP contribution in [-0.2, 0) is 4.79 Å². The lowest BCUT2D eigenvalue weighted by Crippen LogP contribution is -2.62. The van der Waals surface area contributed by atoms with Crippen molar-refractivity contribution in [1.29, 1.82) is 5.26 Å². The minimum atomic E-state index is -1.48. The Morgan fingerprint density at radius 1 is 1.18 bits per heavy atom. The van der Waals surface area contributed by atoms with Crippen molar-refractivity contribution in [3.05, 3.63) is 65.7 Å². The third-order valence-electron chi connectivity index (χ3n) is 6.69. The third kappa shape index (κ3) is 3.43. The van der Waals surface area contributed by atoms with E-state index in [1.165, 1.54) is 19.4 Å². The number of amides is 3. The average molecular weight is 462 g/mol. The van der Waals surface area contributed by atoms with Crippen molar-refractivity contribution in [2.45, 2.75) is 31.0 Å². The topological polar surface area (TPSA) is 95.3 Å². The van der Waals surface area contributed by atoms with Crippen LogP contribution in [0.4, 0.5) is 19.3 Å². The molecule has 34 heavy (non-hydrogen) atoms. The molecule has 0 spiro atoms. The minimum Gasteiger partial charge on any atom is -0.494 e. The van der Waals surface area contributed by atoms with Crippen molar-refractivity contribution < 1.29 is 23.1 Å². The fourth-order valence-electron chi connectivity index (χ4n) is 5.04. The SMILES string of the molecule is COc1cc(C2CC3NC(=O)N(c4cncc5ccccc45)C(=O)C3CC2F)c(C#N)cc1F. The quantitative estimate of drug-likeness (QED) is 0.629. The Balaban J connectivity index is 1.48. The molecule has 2 fully saturated rings. The van der Waals surface area contributed by atoms with Gasteiger partial charge in [0.25, 0.3) is 0 Å². The van der Waals surface area contributed by atoms with Gasteiger partial charge in [-0.15, -0.1) is 0 Å². The van der Waals surface area contributed by atoms with E-state index in [-0.39, 0.29) is 24.2 Å². The number of hydrogen-bond donors (Lipinski definition) is 1. The number of anilines is 1. The van der Waals surface area contributed by atoms with Gasteiger partial charge in [-0.1, -0.05) is 24.3 Å². The van der Waals surface area contributed by atoms with Crippen molar-refractivity contribution in [3.63, 3.8) is 0 Å². The Kier molecular flexibility index (Phi) is 5.36. The lowest BCUT2D eigenvalue weighted by atomic mass is 9.72. The van der Waals surface area contributed by atoms with Gasteiger partial charge in [0.1, 0.15) is 6.17 Å². The summed E-state index contributed by atoms with van der Waals surface area (Å²) in [6.45, 7) is 0. The Labute approximate surface area is 193 Å². The second-order valence-electron chi connectivity index (χ2n) is 8.50. The highest BCUT2D eigenvalue weighted by Crippen LogP contribution is 2.43. The van der Waals surface area contributed by atoms with Gasteiger partial charge in [-0.05, 0) is 30.5 Å². The zero-order valence-electron chi connectivity index (χ0n) is 18.2. The normalized spacial score (nSPS) is 24.4. The summed E-state index contributed by atoms with van der Waals surface area (Å²) in [5.41, 5.74) is 0.641. The summed E-state index contributed by atoms with van der Waals surface area (Å²) in [5.74, 6) is -2.89. The summed E-state index contributed by atoms with van der Waals surface area (Å²) in [4.78, 5) is 31.6. The van der Waals surface area contributed by atoms with Gasteiger partial charge >= 0.3 is 6.03 Å². The zero-order valence-corrected chi connectivity index (χ0v) is 18.2. The predicted molar refractivity (Wildman–Crippen MR) is 120 cm³/mol. The molecule has 0 radical (unpaired) electrons. The second-order valence-corrected chi connectivity index (χ2v) is 8.50. The first kappa shape index (κ1) is 21.8. The number of rotatable bonds is 3. The van der Waals surface area contributed by atoms with E-state index in [9.17, 15) is 19.2 Å². The molecule has 1 N–H and O–H groups in total. The monoisotopic (exact) mass is 462 g/mol. The molecular formula is C25H20F2N4O3. The van der Waals surface area contributed by atoms with Crippen LogP contribution in [0.2, 0.25) is 0 Å². The number of alkyl halides is 1. The number of urea groups is 1. The molecule has 2 aromatic carbocycles. The Bertz CT molecular complexity index is 1350. The minimum absolute atomic E-state index is 0.00122. The van der Waals surface area contributed by atoms with E-state index in [1.54, 1.807) is 18.3 Å². The highest BCUT2D eigenvalue weighted by atomic mass is 19.1. The number of carbonyl (C=O) groups is 2. The molecule has 3 aromatic rings. The summed E-state index contributed by atoms with van der Waals surface area (Å²) in [6.07, 6.45) is 1.56. The fraction of sp³-hybridized carbons (Fsp3) is 0.280. The standard InChI is InChI=1S/C25H20F2N4O3/c1-34-23-9-16(14(10-28)6-20(23)27)17-8-21-18(7-19(17)26)24(32)31(25(33)30-21)22-12-29-11-13-4-2-3-5-15(13)22/h2-6,9,11-12,17-19,21H,7-8H2,1H3,(H,30,33). The predicted octanol–water partition coefficient (Wildman–Crippen LogP) is 4.21. The number of carbonyl (C=O) groups excluding carboxylic acids is 2. The van der Waals surface area contributed by atoms with E-state index < -0.39 is 41.8 Å². The second kappa shape index (κ2) is 8.37. The highest BCUT2D eigenvalue weighted by molar-refractivity contribution is 6.20. The van der Waals surface area contributed by atoms with Crippen LogP contribution in [0.15, 0.2) is 48.8 Å². The fourth-order valence-corrected chi connectivity index (χ4v) is 5.04. The molecule has 4 unspecified atom stereocenters. The molecule has 3 amide bonds. The molecule has 5 rings (SSSR count). The number of ether oxygens (including phenoxy) is 1. The number of pyridine rings is 1. The van der Waals surface area contributed by atoms with Crippen molar-refractivity contribution in [3.8, 4) is 11.8 Å². The molecule has 1 saturated carbocycles. The maximum atomic E-state index is 15.5. The molecule has 7 nitrogen and oxygen atoms in total. The van der Waals surface area contributed by atoms with Gasteiger partial charge in [-0.25, -0.2) is 18.5 Å². The van der Waals surface area contributed by atoms with Gasteiger partial charge in [0.15, 0.2) is 11.6 Å². The van der Waals surface area contributed by atoms with Gasteiger partial charge in [0.2, 0.25) is 5.91 Å². The van der Waals surface area contributed by atoms with Crippen molar-refractivity contribution in [1.82, 2.24) is 10.3 Å². The number of fused-ring (bicyclic) bond motifs is 2. The lowest BCUT2D eigenvalue weighted by molar-refractivity contribution is -0.125. The maximum Gasteiger partial charge on any atom is 0.329 e. The Morgan fingerprint density at radius 3 is 2.74 bits per heavy atom. The molecule has 2 aliphatic rings. The zero-order chi connectivity index (χ0) is 24.0. The molecule has 4 atom stereocenters. The van der Waals surface area contributed by atoms with Crippen LogP contribution >= 0.6 is 0 Å².